The molecule has 0 aliphatic carbocycles. The Morgan fingerprint density at radius 2 is 2.16 bits per heavy atom. The van der Waals surface area contributed by atoms with Crippen LogP contribution in [0.4, 0.5) is 4.39 Å². The first-order chi connectivity index (χ1) is 9.26. The normalized spacial score (nSPS) is 12.2. The van der Waals surface area contributed by atoms with Gasteiger partial charge >= 0.3 is 0 Å². The maximum absolute atomic E-state index is 13.8. The first kappa shape index (κ1) is 13.5. The molecule has 0 aliphatic heterocycles. The van der Waals surface area contributed by atoms with Crippen LogP contribution in [0.15, 0.2) is 42.7 Å². The molecule has 4 nitrogen and oxygen atoms in total. The van der Waals surface area contributed by atoms with Crippen molar-refractivity contribution >= 4 is 0 Å². The second kappa shape index (κ2) is 6.26. The van der Waals surface area contributed by atoms with Crippen molar-refractivity contribution in [2.75, 3.05) is 6.61 Å². The van der Waals surface area contributed by atoms with Crippen LogP contribution in [0.3, 0.4) is 0 Å². The van der Waals surface area contributed by atoms with E-state index >= 15 is 0 Å². The molecule has 2 aromatic rings. The number of halogens is 1. The van der Waals surface area contributed by atoms with Crippen LogP contribution in [0, 0.1) is 5.82 Å². The molecule has 1 unspecified atom stereocenters. The summed E-state index contributed by atoms with van der Waals surface area (Å²) in [5, 5.41) is 0. The van der Waals surface area contributed by atoms with Crippen molar-refractivity contribution in [1.29, 1.82) is 0 Å². The predicted molar refractivity (Wildman–Crippen MR) is 71.0 cm³/mol. The molecule has 1 atom stereocenters. The molecule has 0 saturated carbocycles. The molecule has 1 aromatic carbocycles. The van der Waals surface area contributed by atoms with Gasteiger partial charge in [0, 0.05) is 11.8 Å². The molecule has 2 rings (SSSR count). The van der Waals surface area contributed by atoms with Crippen molar-refractivity contribution in [3.63, 3.8) is 0 Å². The fourth-order valence-electron chi connectivity index (χ4n) is 1.91. The fourth-order valence-corrected chi connectivity index (χ4v) is 1.91. The number of hydrogen-bond donors (Lipinski definition) is 2. The molecule has 100 valence electrons. The molecule has 1 aromatic heterocycles. The Kier molecular flexibility index (Phi) is 4.43. The minimum absolute atomic E-state index is 0.313. The van der Waals surface area contributed by atoms with E-state index in [2.05, 4.69) is 10.4 Å². The van der Waals surface area contributed by atoms with Crippen molar-refractivity contribution in [1.82, 2.24) is 10.4 Å². The molecule has 0 saturated heterocycles. The smallest absolute Gasteiger partial charge is 0.137 e. The average Bonchev–Trinajstić information content (AvgIpc) is 2.43. The lowest BCUT2D eigenvalue weighted by Gasteiger charge is -2.17. The second-order valence-electron chi connectivity index (χ2n) is 4.01. The van der Waals surface area contributed by atoms with Crippen molar-refractivity contribution in [2.24, 2.45) is 5.84 Å². The summed E-state index contributed by atoms with van der Waals surface area (Å²) in [4.78, 5) is 4.08. The second-order valence-corrected chi connectivity index (χ2v) is 4.01. The number of ether oxygens (including phenoxy) is 1. The molecular weight excluding hydrogens is 245 g/mol. The minimum Gasteiger partial charge on any atom is -0.492 e. The van der Waals surface area contributed by atoms with Crippen LogP contribution in [0.2, 0.25) is 0 Å². The third kappa shape index (κ3) is 3.07. The predicted octanol–water partition coefficient (Wildman–Crippen LogP) is 2.17. The van der Waals surface area contributed by atoms with E-state index in [1.54, 1.807) is 36.7 Å². The highest BCUT2D eigenvalue weighted by Crippen LogP contribution is 2.25. The number of pyridine rings is 1. The molecule has 0 radical (unpaired) electrons. The molecule has 0 spiro atoms. The first-order valence-electron chi connectivity index (χ1n) is 6.04. The Hall–Kier alpha value is -1.98. The van der Waals surface area contributed by atoms with Gasteiger partial charge in [0.1, 0.15) is 11.6 Å². The average molecular weight is 261 g/mol. The monoisotopic (exact) mass is 261 g/mol. The summed E-state index contributed by atoms with van der Waals surface area (Å²) in [5.74, 6) is 5.87. The zero-order chi connectivity index (χ0) is 13.7. The van der Waals surface area contributed by atoms with Crippen molar-refractivity contribution < 1.29 is 9.13 Å². The molecule has 19 heavy (non-hydrogen) atoms. The third-order valence-corrected chi connectivity index (χ3v) is 2.76. The lowest BCUT2D eigenvalue weighted by molar-refractivity contribution is 0.338. The summed E-state index contributed by atoms with van der Waals surface area (Å²) in [7, 11) is 0. The van der Waals surface area contributed by atoms with Crippen LogP contribution in [-0.4, -0.2) is 11.6 Å². The topological polar surface area (TPSA) is 60.2 Å². The van der Waals surface area contributed by atoms with Crippen molar-refractivity contribution in [3.8, 4) is 5.75 Å². The van der Waals surface area contributed by atoms with Gasteiger partial charge in [0.2, 0.25) is 0 Å². The largest absolute Gasteiger partial charge is 0.492 e. The minimum atomic E-state index is -0.464. The van der Waals surface area contributed by atoms with Crippen LogP contribution >= 0.6 is 0 Å². The van der Waals surface area contributed by atoms with E-state index in [-0.39, 0.29) is 5.82 Å². The summed E-state index contributed by atoms with van der Waals surface area (Å²) in [5.41, 5.74) is 3.83. The van der Waals surface area contributed by atoms with Gasteiger partial charge in [-0.05, 0) is 24.6 Å². The third-order valence-electron chi connectivity index (χ3n) is 2.76. The van der Waals surface area contributed by atoms with Crippen LogP contribution in [0.5, 0.6) is 5.75 Å². The van der Waals surface area contributed by atoms with Crippen LogP contribution in [0.25, 0.3) is 0 Å². The number of rotatable bonds is 5. The zero-order valence-electron chi connectivity index (χ0n) is 10.6. The molecule has 0 fully saturated rings. The van der Waals surface area contributed by atoms with E-state index in [1.165, 1.54) is 6.07 Å². The van der Waals surface area contributed by atoms with E-state index < -0.39 is 6.04 Å². The van der Waals surface area contributed by atoms with E-state index in [1.807, 2.05) is 6.92 Å². The Balaban J connectivity index is 2.37. The highest BCUT2D eigenvalue weighted by atomic mass is 19.1. The molecule has 1 heterocycles. The van der Waals surface area contributed by atoms with Crippen LogP contribution in [-0.2, 0) is 0 Å². The number of benzene rings is 1. The summed E-state index contributed by atoms with van der Waals surface area (Å²) in [6.07, 6.45) is 3.25. The Morgan fingerprint density at radius 3 is 2.84 bits per heavy atom. The van der Waals surface area contributed by atoms with Crippen molar-refractivity contribution in [3.05, 3.63) is 59.7 Å². The van der Waals surface area contributed by atoms with Gasteiger partial charge in [0.15, 0.2) is 0 Å². The van der Waals surface area contributed by atoms with Gasteiger partial charge in [-0.15, -0.1) is 0 Å². The Labute approximate surface area is 111 Å². The lowest BCUT2D eigenvalue weighted by atomic mass is 10.0. The number of aromatic nitrogens is 1. The quantitative estimate of drug-likeness (QED) is 0.639. The van der Waals surface area contributed by atoms with Gasteiger partial charge in [0.05, 0.1) is 18.8 Å². The number of hydrogen-bond acceptors (Lipinski definition) is 4. The van der Waals surface area contributed by atoms with Crippen LogP contribution < -0.4 is 16.0 Å². The molecule has 0 bridgehead atoms. The van der Waals surface area contributed by atoms with E-state index in [0.29, 0.717) is 17.9 Å². The maximum atomic E-state index is 13.8. The van der Waals surface area contributed by atoms with Gasteiger partial charge in [-0.3, -0.25) is 10.8 Å². The molecule has 3 N–H and O–H groups in total. The van der Waals surface area contributed by atoms with E-state index in [9.17, 15) is 4.39 Å². The Morgan fingerprint density at radius 1 is 1.37 bits per heavy atom. The van der Waals surface area contributed by atoms with Gasteiger partial charge in [-0.2, -0.15) is 0 Å². The van der Waals surface area contributed by atoms with Crippen molar-refractivity contribution in [2.45, 2.75) is 13.0 Å². The summed E-state index contributed by atoms with van der Waals surface area (Å²) >= 11 is 0. The van der Waals surface area contributed by atoms with Gasteiger partial charge in [-0.1, -0.05) is 18.2 Å². The molecule has 0 aliphatic rings. The molecular formula is C14H16FN3O. The molecule has 5 heteroatoms. The Bertz CT molecular complexity index is 548. The highest BCUT2D eigenvalue weighted by Gasteiger charge is 2.17. The summed E-state index contributed by atoms with van der Waals surface area (Å²) in [6.45, 7) is 2.44. The van der Waals surface area contributed by atoms with E-state index in [4.69, 9.17) is 10.6 Å². The lowest BCUT2D eigenvalue weighted by Crippen LogP contribution is -2.29. The van der Waals surface area contributed by atoms with Crippen LogP contribution in [0.1, 0.15) is 24.1 Å². The SMILES string of the molecule is CCOc1cncc(C(NN)c2ccccc2F)c1. The summed E-state index contributed by atoms with van der Waals surface area (Å²) < 4.78 is 19.2. The number of nitrogens with two attached hydrogens (primary N) is 1. The number of nitrogens with zero attached hydrogens (tertiary/aromatic N) is 1. The number of nitrogens with one attached hydrogen (secondary N) is 1. The standard InChI is InChI=1S/C14H16FN3O/c1-2-19-11-7-10(8-17-9-11)14(18-16)12-5-3-4-6-13(12)15/h3-9,14,18H,2,16H2,1H3. The summed E-state index contributed by atoms with van der Waals surface area (Å²) in [6, 6.07) is 7.83. The highest BCUT2D eigenvalue weighted by molar-refractivity contribution is 5.34. The zero-order valence-corrected chi connectivity index (χ0v) is 10.6. The van der Waals surface area contributed by atoms with Gasteiger partial charge in [0.25, 0.3) is 0 Å². The first-order valence-corrected chi connectivity index (χ1v) is 6.04. The maximum Gasteiger partial charge on any atom is 0.137 e. The fraction of sp³-hybridized carbons (Fsp3) is 0.214. The van der Waals surface area contributed by atoms with Gasteiger partial charge < -0.3 is 4.74 Å². The van der Waals surface area contributed by atoms with E-state index in [0.717, 1.165) is 5.56 Å². The number of hydrazine groups is 1. The van der Waals surface area contributed by atoms with Gasteiger partial charge in [-0.25, -0.2) is 9.82 Å². The molecule has 0 amide bonds.